The third-order valence-corrected chi connectivity index (χ3v) is 3.03. The molecule has 1 rings (SSSR count). The summed E-state index contributed by atoms with van der Waals surface area (Å²) >= 11 is 5.15. The molecule has 0 saturated heterocycles. The molecule has 1 aromatic carbocycles. The molecule has 1 aromatic rings. The molecule has 3 heteroatoms. The lowest BCUT2D eigenvalue weighted by Gasteiger charge is -2.28. The molecule has 0 aliphatic heterocycles. The second-order valence-corrected chi connectivity index (χ2v) is 4.76. The maximum atomic E-state index is 5.82. The summed E-state index contributed by atoms with van der Waals surface area (Å²) in [7, 11) is 0. The van der Waals surface area contributed by atoms with Crippen LogP contribution in [-0.4, -0.2) is 18.1 Å². The number of hydrogen-bond acceptors (Lipinski definition) is 2. The first-order chi connectivity index (χ1) is 8.11. The molecule has 0 aliphatic carbocycles. The van der Waals surface area contributed by atoms with E-state index in [1.165, 1.54) is 11.3 Å². The van der Waals surface area contributed by atoms with Crippen LogP contribution < -0.4 is 10.6 Å². The standard InChI is InChI=1S/C14H22N2S/c1-4-9-16(10-5-2)13-11(3)7-6-8-12(13)14(15)17/h6-8H,4-5,9-10H2,1-3H3,(H2,15,17). The highest BCUT2D eigenvalue weighted by Crippen LogP contribution is 2.25. The van der Waals surface area contributed by atoms with Gasteiger partial charge in [0.05, 0.1) is 0 Å². The third kappa shape index (κ3) is 3.43. The lowest BCUT2D eigenvalue weighted by Crippen LogP contribution is -2.28. The minimum Gasteiger partial charge on any atom is -0.389 e. The molecular weight excluding hydrogens is 228 g/mol. The van der Waals surface area contributed by atoms with Gasteiger partial charge in [0.1, 0.15) is 4.99 Å². The molecule has 0 saturated carbocycles. The van der Waals surface area contributed by atoms with Crippen molar-refractivity contribution in [3.8, 4) is 0 Å². The molecule has 0 aromatic heterocycles. The van der Waals surface area contributed by atoms with Gasteiger partial charge in [0.25, 0.3) is 0 Å². The van der Waals surface area contributed by atoms with Crippen LogP contribution in [0.2, 0.25) is 0 Å². The zero-order valence-corrected chi connectivity index (χ0v) is 11.8. The number of nitrogens with zero attached hydrogens (tertiary/aromatic N) is 1. The third-order valence-electron chi connectivity index (χ3n) is 2.81. The van der Waals surface area contributed by atoms with E-state index in [1.807, 2.05) is 12.1 Å². The summed E-state index contributed by atoms with van der Waals surface area (Å²) < 4.78 is 0. The first kappa shape index (κ1) is 14.0. The van der Waals surface area contributed by atoms with E-state index < -0.39 is 0 Å². The number of nitrogens with two attached hydrogens (primary N) is 1. The van der Waals surface area contributed by atoms with Crippen molar-refractivity contribution in [3.05, 3.63) is 29.3 Å². The van der Waals surface area contributed by atoms with E-state index in [1.54, 1.807) is 0 Å². The number of aryl methyl sites for hydroxylation is 1. The smallest absolute Gasteiger partial charge is 0.106 e. The molecular formula is C14H22N2S. The Morgan fingerprint density at radius 1 is 1.24 bits per heavy atom. The van der Waals surface area contributed by atoms with Gasteiger partial charge in [0.2, 0.25) is 0 Å². The molecule has 2 N–H and O–H groups in total. The fraction of sp³-hybridized carbons (Fsp3) is 0.500. The van der Waals surface area contributed by atoms with Crippen molar-refractivity contribution in [1.29, 1.82) is 0 Å². The Kier molecular flexibility index (Phi) is 5.42. The Balaban J connectivity index is 3.19. The number of para-hydroxylation sites is 1. The Morgan fingerprint density at radius 3 is 2.29 bits per heavy atom. The lowest BCUT2D eigenvalue weighted by molar-refractivity contribution is 0.742. The van der Waals surface area contributed by atoms with Crippen LogP contribution in [0.25, 0.3) is 0 Å². The van der Waals surface area contributed by atoms with E-state index >= 15 is 0 Å². The van der Waals surface area contributed by atoms with Crippen LogP contribution in [0.3, 0.4) is 0 Å². The Morgan fingerprint density at radius 2 is 1.82 bits per heavy atom. The monoisotopic (exact) mass is 250 g/mol. The van der Waals surface area contributed by atoms with E-state index in [2.05, 4.69) is 31.7 Å². The summed E-state index contributed by atoms with van der Waals surface area (Å²) in [6.45, 7) is 8.61. The van der Waals surface area contributed by atoms with Crippen LogP contribution in [0.15, 0.2) is 18.2 Å². The highest BCUT2D eigenvalue weighted by atomic mass is 32.1. The van der Waals surface area contributed by atoms with Crippen LogP contribution in [-0.2, 0) is 0 Å². The number of rotatable bonds is 6. The second-order valence-electron chi connectivity index (χ2n) is 4.32. The van der Waals surface area contributed by atoms with Gasteiger partial charge < -0.3 is 10.6 Å². The van der Waals surface area contributed by atoms with Crippen molar-refractivity contribution in [2.45, 2.75) is 33.6 Å². The van der Waals surface area contributed by atoms with E-state index in [0.29, 0.717) is 4.99 Å². The summed E-state index contributed by atoms with van der Waals surface area (Å²) in [6, 6.07) is 6.15. The van der Waals surface area contributed by atoms with Gasteiger partial charge >= 0.3 is 0 Å². The molecule has 0 amide bonds. The van der Waals surface area contributed by atoms with Gasteiger partial charge in [-0.25, -0.2) is 0 Å². The SMILES string of the molecule is CCCN(CCC)c1c(C)cccc1C(N)=S. The first-order valence-electron chi connectivity index (χ1n) is 6.26. The first-order valence-corrected chi connectivity index (χ1v) is 6.67. The Labute approximate surface area is 110 Å². The average molecular weight is 250 g/mol. The van der Waals surface area contributed by atoms with Crippen molar-refractivity contribution in [2.75, 3.05) is 18.0 Å². The summed E-state index contributed by atoms with van der Waals surface area (Å²) in [4.78, 5) is 2.88. The second kappa shape index (κ2) is 6.60. The molecule has 0 aliphatic rings. The summed E-state index contributed by atoms with van der Waals surface area (Å²) in [5.41, 5.74) is 9.28. The van der Waals surface area contributed by atoms with Crippen molar-refractivity contribution in [2.24, 2.45) is 5.73 Å². The maximum Gasteiger partial charge on any atom is 0.106 e. The molecule has 0 radical (unpaired) electrons. The van der Waals surface area contributed by atoms with Gasteiger partial charge in [0.15, 0.2) is 0 Å². The zero-order valence-electron chi connectivity index (χ0n) is 11.0. The molecule has 2 nitrogen and oxygen atoms in total. The number of benzene rings is 1. The molecule has 0 fully saturated rings. The predicted molar refractivity (Wildman–Crippen MR) is 79.9 cm³/mol. The quantitative estimate of drug-likeness (QED) is 0.786. The minimum absolute atomic E-state index is 0.487. The number of hydrogen-bond donors (Lipinski definition) is 1. The number of thiocarbonyl (C=S) groups is 1. The van der Waals surface area contributed by atoms with Crippen LogP contribution in [0.5, 0.6) is 0 Å². The fourth-order valence-electron chi connectivity index (χ4n) is 2.15. The lowest BCUT2D eigenvalue weighted by atomic mass is 10.1. The zero-order chi connectivity index (χ0) is 12.8. The van der Waals surface area contributed by atoms with E-state index in [-0.39, 0.29) is 0 Å². The largest absolute Gasteiger partial charge is 0.389 e. The molecule has 0 bridgehead atoms. The summed E-state index contributed by atoms with van der Waals surface area (Å²) in [5, 5.41) is 0. The van der Waals surface area contributed by atoms with Crippen molar-refractivity contribution in [3.63, 3.8) is 0 Å². The molecule has 0 heterocycles. The molecule has 17 heavy (non-hydrogen) atoms. The molecule has 94 valence electrons. The molecule has 0 unspecified atom stereocenters. The average Bonchev–Trinajstić information content (AvgIpc) is 2.28. The van der Waals surface area contributed by atoms with Crippen molar-refractivity contribution in [1.82, 2.24) is 0 Å². The molecule has 0 spiro atoms. The van der Waals surface area contributed by atoms with Gasteiger partial charge in [-0.2, -0.15) is 0 Å². The minimum atomic E-state index is 0.487. The maximum absolute atomic E-state index is 5.82. The fourth-order valence-corrected chi connectivity index (χ4v) is 2.32. The van der Waals surface area contributed by atoms with Crippen LogP contribution in [0.1, 0.15) is 37.8 Å². The predicted octanol–water partition coefficient (Wildman–Crippen LogP) is 3.26. The molecule has 0 atom stereocenters. The van der Waals surface area contributed by atoms with Crippen LogP contribution in [0.4, 0.5) is 5.69 Å². The highest BCUT2D eigenvalue weighted by molar-refractivity contribution is 7.80. The van der Waals surface area contributed by atoms with Gasteiger partial charge in [-0.1, -0.05) is 38.2 Å². The van der Waals surface area contributed by atoms with Crippen LogP contribution in [0, 0.1) is 6.92 Å². The van der Waals surface area contributed by atoms with Crippen molar-refractivity contribution >= 4 is 22.9 Å². The normalized spacial score (nSPS) is 10.3. The van der Waals surface area contributed by atoms with Gasteiger partial charge in [-0.15, -0.1) is 0 Å². The van der Waals surface area contributed by atoms with Crippen LogP contribution >= 0.6 is 12.2 Å². The van der Waals surface area contributed by atoms with Gasteiger partial charge in [-0.3, -0.25) is 0 Å². The highest BCUT2D eigenvalue weighted by Gasteiger charge is 2.13. The van der Waals surface area contributed by atoms with Gasteiger partial charge in [-0.05, 0) is 31.4 Å². The Hall–Kier alpha value is -1.09. The number of anilines is 1. The van der Waals surface area contributed by atoms with E-state index in [0.717, 1.165) is 31.5 Å². The summed E-state index contributed by atoms with van der Waals surface area (Å²) in [6.07, 6.45) is 2.26. The van der Waals surface area contributed by atoms with E-state index in [9.17, 15) is 0 Å². The summed E-state index contributed by atoms with van der Waals surface area (Å²) in [5.74, 6) is 0. The Bertz CT molecular complexity index is 382. The van der Waals surface area contributed by atoms with E-state index in [4.69, 9.17) is 18.0 Å². The van der Waals surface area contributed by atoms with Crippen molar-refractivity contribution < 1.29 is 0 Å². The van der Waals surface area contributed by atoms with Gasteiger partial charge in [0, 0.05) is 24.3 Å². The topological polar surface area (TPSA) is 29.3 Å².